The van der Waals surface area contributed by atoms with Gasteiger partial charge >= 0.3 is 77.0 Å². The van der Waals surface area contributed by atoms with Crippen LogP contribution in [-0.4, -0.2) is 33.1 Å². The molecule has 0 atom stereocenters. The SMILES string of the molecule is O=C(Oc1ccc(C(=O)O)nc1C(=O)O)c1ccc(CCl)cc1.[H-].[H-].[Na+].[Na+]. The first kappa shape index (κ1) is 24.1. The third-order valence-corrected chi connectivity index (χ3v) is 3.14. The summed E-state index contributed by atoms with van der Waals surface area (Å²) in [5.74, 6) is -3.73. The molecule has 0 aliphatic carbocycles. The third kappa shape index (κ3) is 6.38. The molecule has 0 saturated heterocycles. The van der Waals surface area contributed by atoms with Crippen LogP contribution in [0.15, 0.2) is 36.4 Å². The van der Waals surface area contributed by atoms with Crippen LogP contribution in [0.2, 0.25) is 0 Å². The van der Waals surface area contributed by atoms with Crippen molar-refractivity contribution in [1.29, 1.82) is 0 Å². The summed E-state index contributed by atoms with van der Waals surface area (Å²) >= 11 is 5.65. The summed E-state index contributed by atoms with van der Waals surface area (Å²) in [6.07, 6.45) is 0. The molecule has 0 unspecified atom stereocenters. The molecule has 1 heterocycles. The van der Waals surface area contributed by atoms with E-state index >= 15 is 0 Å². The fourth-order valence-electron chi connectivity index (χ4n) is 1.69. The molecule has 1 aromatic carbocycles. The number of aromatic nitrogens is 1. The van der Waals surface area contributed by atoms with Crippen molar-refractivity contribution in [3.63, 3.8) is 0 Å². The summed E-state index contributed by atoms with van der Waals surface area (Å²) in [5.41, 5.74) is -0.122. The van der Waals surface area contributed by atoms with E-state index < -0.39 is 29.3 Å². The second kappa shape index (κ2) is 10.9. The number of carbonyl (C=O) groups is 3. The van der Waals surface area contributed by atoms with Crippen molar-refractivity contribution in [2.24, 2.45) is 0 Å². The van der Waals surface area contributed by atoms with Crippen LogP contribution in [0.1, 0.15) is 39.8 Å². The first-order valence-corrected chi connectivity index (χ1v) is 6.80. The Labute approximate surface area is 194 Å². The zero-order valence-corrected chi connectivity index (χ0v) is 18.3. The maximum atomic E-state index is 12.0. The quantitative estimate of drug-likeness (QED) is 0.315. The molecule has 1 aromatic heterocycles. The van der Waals surface area contributed by atoms with Crippen molar-refractivity contribution in [1.82, 2.24) is 4.98 Å². The summed E-state index contributed by atoms with van der Waals surface area (Å²) in [6, 6.07) is 8.36. The molecule has 0 aliphatic rings. The van der Waals surface area contributed by atoms with E-state index in [0.29, 0.717) is 5.88 Å². The summed E-state index contributed by atoms with van der Waals surface area (Å²) in [6.45, 7) is 0. The number of rotatable bonds is 5. The van der Waals surface area contributed by atoms with Crippen molar-refractivity contribution in [3.05, 3.63) is 58.9 Å². The number of alkyl halides is 1. The Kier molecular flexibility index (Phi) is 10.5. The van der Waals surface area contributed by atoms with Crippen LogP contribution < -0.4 is 63.9 Å². The molecule has 7 nitrogen and oxygen atoms in total. The Morgan fingerprint density at radius 2 is 1.60 bits per heavy atom. The molecule has 122 valence electrons. The van der Waals surface area contributed by atoms with Gasteiger partial charge in [0.1, 0.15) is 5.69 Å². The Morgan fingerprint density at radius 3 is 2.08 bits per heavy atom. The number of esters is 1. The minimum absolute atomic E-state index is 0. The maximum Gasteiger partial charge on any atom is 1.00 e. The second-order valence-corrected chi connectivity index (χ2v) is 4.64. The topological polar surface area (TPSA) is 114 Å². The van der Waals surface area contributed by atoms with E-state index in [1.807, 2.05) is 0 Å². The standard InChI is InChI=1S/C15H10ClNO6.2Na.2H/c16-7-8-1-3-9(4-2-8)15(22)23-11-6-5-10(13(18)19)17-12(11)14(20)21;;;;/h1-6H,7H2,(H,18,19)(H,20,21);;;;/q;2*+1;2*-1. The van der Waals surface area contributed by atoms with Gasteiger partial charge < -0.3 is 17.8 Å². The molecular weight excluding hydrogens is 372 g/mol. The van der Waals surface area contributed by atoms with Gasteiger partial charge in [-0.25, -0.2) is 19.4 Å². The van der Waals surface area contributed by atoms with Crippen LogP contribution in [-0.2, 0) is 5.88 Å². The molecule has 2 N–H and O–H groups in total. The largest absolute Gasteiger partial charge is 1.00 e. The average Bonchev–Trinajstić information content (AvgIpc) is 2.54. The number of carboxylic acid groups (broad SMARTS) is 2. The number of carbonyl (C=O) groups excluding carboxylic acids is 1. The Bertz CT molecular complexity index is 792. The van der Waals surface area contributed by atoms with Crippen molar-refractivity contribution >= 4 is 29.5 Å². The summed E-state index contributed by atoms with van der Waals surface area (Å²) in [7, 11) is 0. The van der Waals surface area contributed by atoms with E-state index in [4.69, 9.17) is 26.6 Å². The van der Waals surface area contributed by atoms with Gasteiger partial charge in [-0.1, -0.05) is 12.1 Å². The third-order valence-electron chi connectivity index (χ3n) is 2.83. The number of nitrogens with zero attached hydrogens (tertiary/aromatic N) is 1. The molecular formula is C15H12ClNNa2O6. The number of aromatic carboxylic acids is 2. The van der Waals surface area contributed by atoms with Gasteiger partial charge in [0.25, 0.3) is 0 Å². The summed E-state index contributed by atoms with van der Waals surface area (Å²) in [4.78, 5) is 37.4. The molecule has 2 aromatic rings. The van der Waals surface area contributed by atoms with Crippen LogP contribution in [0.25, 0.3) is 0 Å². The number of pyridine rings is 1. The van der Waals surface area contributed by atoms with E-state index in [0.717, 1.165) is 17.7 Å². The molecule has 0 saturated carbocycles. The Balaban J connectivity index is -0.00000144. The Morgan fingerprint density at radius 1 is 1.00 bits per heavy atom. The molecule has 0 radical (unpaired) electrons. The van der Waals surface area contributed by atoms with Crippen LogP contribution in [0, 0.1) is 0 Å². The number of hydrogen-bond acceptors (Lipinski definition) is 5. The average molecular weight is 384 g/mol. The normalized spacial score (nSPS) is 9.32. The second-order valence-electron chi connectivity index (χ2n) is 4.37. The molecule has 0 aliphatic heterocycles. The van der Waals surface area contributed by atoms with Gasteiger partial charge in [-0.15, -0.1) is 11.6 Å². The number of benzene rings is 1. The van der Waals surface area contributed by atoms with Crippen LogP contribution in [0.4, 0.5) is 0 Å². The zero-order chi connectivity index (χ0) is 17.0. The smallest absolute Gasteiger partial charge is 1.00 e. The Hall–Kier alpha value is -0.930. The maximum absolute atomic E-state index is 12.0. The van der Waals surface area contributed by atoms with Crippen LogP contribution >= 0.6 is 11.6 Å². The molecule has 0 amide bonds. The number of carboxylic acids is 2. The minimum Gasteiger partial charge on any atom is -1.00 e. The van der Waals surface area contributed by atoms with Gasteiger partial charge in [-0.05, 0) is 29.8 Å². The molecule has 2 rings (SSSR count). The van der Waals surface area contributed by atoms with Gasteiger partial charge in [0, 0.05) is 5.88 Å². The minimum atomic E-state index is -1.51. The van der Waals surface area contributed by atoms with E-state index in [1.54, 1.807) is 12.1 Å². The van der Waals surface area contributed by atoms with Gasteiger partial charge in [0.2, 0.25) is 0 Å². The number of halogens is 1. The van der Waals surface area contributed by atoms with Gasteiger partial charge in [0.15, 0.2) is 11.4 Å². The number of hydrogen-bond donors (Lipinski definition) is 2. The van der Waals surface area contributed by atoms with Crippen LogP contribution in [0.5, 0.6) is 5.75 Å². The first-order valence-electron chi connectivity index (χ1n) is 6.27. The van der Waals surface area contributed by atoms with Crippen molar-refractivity contribution in [2.75, 3.05) is 0 Å². The molecule has 0 spiro atoms. The molecule has 0 fully saturated rings. The van der Waals surface area contributed by atoms with Gasteiger partial charge in [0.05, 0.1) is 5.56 Å². The zero-order valence-electron chi connectivity index (χ0n) is 15.5. The first-order chi connectivity index (χ1) is 10.9. The summed E-state index contributed by atoms with van der Waals surface area (Å²) < 4.78 is 4.99. The van der Waals surface area contributed by atoms with E-state index in [-0.39, 0.29) is 73.3 Å². The molecule has 10 heteroatoms. The molecule has 0 bridgehead atoms. The fraction of sp³-hybridized carbons (Fsp3) is 0.0667. The monoisotopic (exact) mass is 383 g/mol. The van der Waals surface area contributed by atoms with Crippen LogP contribution in [0.3, 0.4) is 0 Å². The fourth-order valence-corrected chi connectivity index (χ4v) is 1.87. The van der Waals surface area contributed by atoms with Crippen molar-refractivity contribution < 1.29 is 91.3 Å². The number of ether oxygens (including phenoxy) is 1. The van der Waals surface area contributed by atoms with Crippen molar-refractivity contribution in [2.45, 2.75) is 5.88 Å². The van der Waals surface area contributed by atoms with Gasteiger partial charge in [-0.3, -0.25) is 0 Å². The summed E-state index contributed by atoms with van der Waals surface area (Å²) in [5, 5.41) is 17.9. The van der Waals surface area contributed by atoms with E-state index in [1.165, 1.54) is 12.1 Å². The predicted octanol–water partition coefficient (Wildman–Crippen LogP) is -3.33. The van der Waals surface area contributed by atoms with Gasteiger partial charge in [-0.2, -0.15) is 0 Å². The van der Waals surface area contributed by atoms with E-state index in [9.17, 15) is 14.4 Å². The molecule has 25 heavy (non-hydrogen) atoms. The van der Waals surface area contributed by atoms with Crippen molar-refractivity contribution in [3.8, 4) is 5.75 Å². The van der Waals surface area contributed by atoms with E-state index in [2.05, 4.69) is 4.98 Å². The predicted molar refractivity (Wildman–Crippen MR) is 81.3 cm³/mol.